The lowest BCUT2D eigenvalue weighted by molar-refractivity contribution is -0.384. The smallest absolute Gasteiger partial charge is 0.326 e. The van der Waals surface area contributed by atoms with E-state index in [-0.39, 0.29) is 30.2 Å². The number of carbonyl (C=O) groups excluding carboxylic acids is 2. The van der Waals surface area contributed by atoms with E-state index in [9.17, 15) is 29.6 Å². The molecule has 1 atom stereocenters. The molecule has 1 aliphatic rings. The number of nitrogens with zero attached hydrogens (tertiary/aromatic N) is 1. The zero-order valence-corrected chi connectivity index (χ0v) is 18.8. The number of amides is 2. The van der Waals surface area contributed by atoms with Crippen LogP contribution in [-0.4, -0.2) is 52.7 Å². The van der Waals surface area contributed by atoms with Crippen molar-refractivity contribution in [2.45, 2.75) is 12.5 Å². The first-order chi connectivity index (χ1) is 16.3. The maximum absolute atomic E-state index is 13.0. The van der Waals surface area contributed by atoms with Gasteiger partial charge in [0.25, 0.3) is 17.5 Å². The summed E-state index contributed by atoms with van der Waals surface area (Å²) in [6.45, 7) is 0.0507. The fourth-order valence-corrected chi connectivity index (χ4v) is 3.48. The number of ether oxygens (including phenoxy) is 2. The van der Waals surface area contributed by atoms with Gasteiger partial charge in [0.05, 0.1) is 4.92 Å². The summed E-state index contributed by atoms with van der Waals surface area (Å²) in [5, 5.41) is 25.3. The first kappa shape index (κ1) is 24.6. The first-order valence-electron chi connectivity index (χ1n) is 9.98. The van der Waals surface area contributed by atoms with Gasteiger partial charge >= 0.3 is 5.97 Å². The molecule has 1 heterocycles. The molecule has 0 aromatic heterocycles. The number of nitro groups is 1. The number of aliphatic carboxylic acids is 1. The molecular weight excluding hydrogens is 466 g/mol. The number of nitrogens with one attached hydrogen (secondary N) is 2. The molecule has 3 rings (SSSR count). The molecule has 12 heteroatoms. The lowest BCUT2D eigenvalue weighted by Crippen LogP contribution is -2.44. The number of carboxylic acid groups (broad SMARTS) is 1. The van der Waals surface area contributed by atoms with Crippen LogP contribution >= 0.6 is 11.8 Å². The third-order valence-electron chi connectivity index (χ3n) is 4.73. The van der Waals surface area contributed by atoms with E-state index in [0.717, 1.165) is 6.07 Å². The lowest BCUT2D eigenvalue weighted by Gasteiger charge is -2.16. The van der Waals surface area contributed by atoms with Crippen LogP contribution in [-0.2, 0) is 9.59 Å². The number of non-ortho nitro benzene ring substituents is 1. The van der Waals surface area contributed by atoms with Gasteiger partial charge in [0.2, 0.25) is 6.79 Å². The van der Waals surface area contributed by atoms with Crippen LogP contribution in [0.4, 0.5) is 5.69 Å². The normalized spacial score (nSPS) is 13.1. The number of hydrogen-bond donors (Lipinski definition) is 3. The van der Waals surface area contributed by atoms with Crippen LogP contribution in [0.3, 0.4) is 0 Å². The largest absolute Gasteiger partial charge is 0.480 e. The Hall–Kier alpha value is -4.06. The van der Waals surface area contributed by atoms with Gasteiger partial charge in [-0.1, -0.05) is 12.1 Å². The third kappa shape index (κ3) is 6.25. The number of fused-ring (bicyclic) bond motifs is 1. The molecule has 178 valence electrons. The van der Waals surface area contributed by atoms with Crippen molar-refractivity contribution in [1.29, 1.82) is 0 Å². The fraction of sp³-hybridized carbons (Fsp3) is 0.227. The average molecular weight is 487 g/mol. The van der Waals surface area contributed by atoms with E-state index in [1.54, 1.807) is 18.2 Å². The molecular formula is C22H21N3O8S. The molecule has 0 saturated carbocycles. The second-order valence-corrected chi connectivity index (χ2v) is 8.06. The van der Waals surface area contributed by atoms with E-state index < -0.39 is 28.7 Å². The zero-order chi connectivity index (χ0) is 24.7. The van der Waals surface area contributed by atoms with Gasteiger partial charge in [-0.25, -0.2) is 4.79 Å². The van der Waals surface area contributed by atoms with Crippen molar-refractivity contribution in [3.05, 3.63) is 69.4 Å². The number of nitro benzene ring substituents is 1. The summed E-state index contributed by atoms with van der Waals surface area (Å²) in [6, 6.07) is 8.69. The molecule has 1 unspecified atom stereocenters. The molecule has 0 spiro atoms. The highest BCUT2D eigenvalue weighted by molar-refractivity contribution is 7.98. The summed E-state index contributed by atoms with van der Waals surface area (Å²) < 4.78 is 10.6. The summed E-state index contributed by atoms with van der Waals surface area (Å²) in [5.74, 6) is -1.35. The van der Waals surface area contributed by atoms with Crippen molar-refractivity contribution in [2.75, 3.05) is 18.8 Å². The van der Waals surface area contributed by atoms with Crippen molar-refractivity contribution >= 4 is 41.3 Å². The third-order valence-corrected chi connectivity index (χ3v) is 5.38. The first-order valence-corrected chi connectivity index (χ1v) is 11.4. The molecule has 2 aromatic rings. The molecule has 34 heavy (non-hydrogen) atoms. The number of carbonyl (C=O) groups is 3. The monoisotopic (exact) mass is 487 g/mol. The van der Waals surface area contributed by atoms with E-state index in [0.29, 0.717) is 22.8 Å². The van der Waals surface area contributed by atoms with Gasteiger partial charge in [0, 0.05) is 17.7 Å². The minimum atomic E-state index is -1.21. The summed E-state index contributed by atoms with van der Waals surface area (Å²) in [7, 11) is 0. The molecule has 3 N–H and O–H groups in total. The van der Waals surface area contributed by atoms with E-state index in [1.165, 1.54) is 36.0 Å². The van der Waals surface area contributed by atoms with Crippen molar-refractivity contribution in [2.24, 2.45) is 0 Å². The highest BCUT2D eigenvalue weighted by atomic mass is 32.2. The van der Waals surface area contributed by atoms with Gasteiger partial charge in [0.1, 0.15) is 11.7 Å². The SMILES string of the molecule is CSCCC(NC(=O)C(=Cc1ccc2c(c1)OCO2)NC(=O)c1cccc([N+](=O)[O-])c1)C(=O)O. The minimum Gasteiger partial charge on any atom is -0.480 e. The number of hydrogen-bond acceptors (Lipinski definition) is 8. The molecule has 2 aromatic carbocycles. The van der Waals surface area contributed by atoms with Gasteiger partial charge in [-0.2, -0.15) is 11.8 Å². The van der Waals surface area contributed by atoms with Crippen LogP contribution in [0.15, 0.2) is 48.2 Å². The maximum atomic E-state index is 13.0. The van der Waals surface area contributed by atoms with E-state index in [1.807, 2.05) is 6.26 Å². The molecule has 0 fully saturated rings. The average Bonchev–Trinajstić information content (AvgIpc) is 3.29. The summed E-state index contributed by atoms with van der Waals surface area (Å²) in [4.78, 5) is 47.7. The number of rotatable bonds is 10. The van der Waals surface area contributed by atoms with Gasteiger partial charge in [-0.15, -0.1) is 0 Å². The number of benzene rings is 2. The molecule has 0 bridgehead atoms. The van der Waals surface area contributed by atoms with E-state index in [4.69, 9.17) is 9.47 Å². The van der Waals surface area contributed by atoms with E-state index >= 15 is 0 Å². The molecule has 0 radical (unpaired) electrons. The Morgan fingerprint density at radius 2 is 1.97 bits per heavy atom. The Morgan fingerprint density at radius 3 is 2.68 bits per heavy atom. The topological polar surface area (TPSA) is 157 Å². The predicted molar refractivity (Wildman–Crippen MR) is 124 cm³/mol. The van der Waals surface area contributed by atoms with E-state index in [2.05, 4.69) is 10.6 Å². The van der Waals surface area contributed by atoms with Gasteiger partial charge in [-0.3, -0.25) is 19.7 Å². The standard InChI is InChI=1S/C22H21N3O8S/c1-34-8-7-16(22(28)29)23-21(27)17(9-13-5-6-18-19(10-13)33-12-32-18)24-20(26)14-3-2-4-15(11-14)25(30)31/h2-6,9-11,16H,7-8,12H2,1H3,(H,23,27)(H,24,26)(H,28,29). The van der Waals surface area contributed by atoms with Crippen LogP contribution < -0.4 is 20.1 Å². The molecule has 0 saturated heterocycles. The Bertz CT molecular complexity index is 1150. The fourth-order valence-electron chi connectivity index (χ4n) is 3.01. The Balaban J connectivity index is 1.90. The number of carboxylic acids is 1. The van der Waals surface area contributed by atoms with Crippen LogP contribution in [0, 0.1) is 10.1 Å². The van der Waals surface area contributed by atoms with Crippen LogP contribution in [0.1, 0.15) is 22.3 Å². The quantitative estimate of drug-likeness (QED) is 0.260. The van der Waals surface area contributed by atoms with Crippen LogP contribution in [0.25, 0.3) is 6.08 Å². The van der Waals surface area contributed by atoms with Gasteiger partial charge < -0.3 is 25.2 Å². The van der Waals surface area contributed by atoms with Crippen molar-refractivity contribution in [3.8, 4) is 11.5 Å². The van der Waals surface area contributed by atoms with Crippen LogP contribution in [0.5, 0.6) is 11.5 Å². The highest BCUT2D eigenvalue weighted by Gasteiger charge is 2.24. The van der Waals surface area contributed by atoms with Crippen molar-refractivity contribution in [3.63, 3.8) is 0 Å². The zero-order valence-electron chi connectivity index (χ0n) is 18.0. The Labute approximate surface area is 198 Å². The minimum absolute atomic E-state index is 0.0456. The summed E-state index contributed by atoms with van der Waals surface area (Å²) in [5.41, 5.74) is -0.104. The molecule has 11 nitrogen and oxygen atoms in total. The molecule has 2 amide bonds. The number of thioether (sulfide) groups is 1. The molecule has 1 aliphatic heterocycles. The van der Waals surface area contributed by atoms with Gasteiger partial charge in [-0.05, 0) is 48.3 Å². The summed E-state index contributed by atoms with van der Waals surface area (Å²) in [6.07, 6.45) is 3.34. The highest BCUT2D eigenvalue weighted by Crippen LogP contribution is 2.33. The Morgan fingerprint density at radius 1 is 1.21 bits per heavy atom. The lowest BCUT2D eigenvalue weighted by atomic mass is 10.1. The maximum Gasteiger partial charge on any atom is 0.326 e. The summed E-state index contributed by atoms with van der Waals surface area (Å²) >= 11 is 1.43. The van der Waals surface area contributed by atoms with Crippen molar-refractivity contribution < 1.29 is 33.9 Å². The second-order valence-electron chi connectivity index (χ2n) is 7.08. The van der Waals surface area contributed by atoms with Crippen LogP contribution in [0.2, 0.25) is 0 Å². The predicted octanol–water partition coefficient (Wildman–Crippen LogP) is 2.42. The Kier molecular flexibility index (Phi) is 8.09. The second kappa shape index (κ2) is 11.2. The van der Waals surface area contributed by atoms with Crippen molar-refractivity contribution in [1.82, 2.24) is 10.6 Å². The molecule has 0 aliphatic carbocycles. The van der Waals surface area contributed by atoms with Gasteiger partial charge in [0.15, 0.2) is 11.5 Å².